The average Bonchev–Trinajstić information content (AvgIpc) is 2.94. The van der Waals surface area contributed by atoms with Gasteiger partial charge in [0.25, 0.3) is 11.8 Å². The van der Waals surface area contributed by atoms with E-state index in [4.69, 9.17) is 0 Å². The lowest BCUT2D eigenvalue weighted by Gasteiger charge is -2.28. The molecule has 0 N–H and O–H groups in total. The summed E-state index contributed by atoms with van der Waals surface area (Å²) in [5, 5.41) is 0. The lowest BCUT2D eigenvalue weighted by atomic mass is 9.95. The zero-order valence-electron chi connectivity index (χ0n) is 16.0. The van der Waals surface area contributed by atoms with Crippen molar-refractivity contribution in [3.63, 3.8) is 0 Å². The fourth-order valence-electron chi connectivity index (χ4n) is 4.11. The molecule has 3 nitrogen and oxygen atoms in total. The van der Waals surface area contributed by atoms with E-state index in [-0.39, 0.29) is 17.9 Å². The number of amides is 2. The molecule has 1 fully saturated rings. The number of nitrogens with zero attached hydrogens (tertiary/aromatic N) is 1. The van der Waals surface area contributed by atoms with Gasteiger partial charge in [-0.15, -0.1) is 0 Å². The molecule has 1 heterocycles. The van der Waals surface area contributed by atoms with E-state index in [0.29, 0.717) is 10.5 Å². The Labute approximate surface area is 170 Å². The van der Waals surface area contributed by atoms with Gasteiger partial charge in [-0.05, 0) is 30.5 Å². The largest absolute Gasteiger partial charge is 0.271 e. The Bertz CT molecular complexity index is 868. The molecular formula is C24H25NO2S. The van der Waals surface area contributed by atoms with Crippen LogP contribution in [0.25, 0.3) is 5.57 Å². The van der Waals surface area contributed by atoms with Crippen molar-refractivity contribution in [1.82, 2.24) is 4.90 Å². The van der Waals surface area contributed by atoms with Crippen LogP contribution in [0.5, 0.6) is 0 Å². The van der Waals surface area contributed by atoms with E-state index in [1.165, 1.54) is 31.0 Å². The highest BCUT2D eigenvalue weighted by molar-refractivity contribution is 8.04. The maximum absolute atomic E-state index is 13.4. The van der Waals surface area contributed by atoms with E-state index in [1.54, 1.807) is 4.90 Å². The molecule has 4 rings (SSSR count). The Kier molecular flexibility index (Phi) is 5.96. The Morgan fingerprint density at radius 1 is 0.714 bits per heavy atom. The van der Waals surface area contributed by atoms with Crippen molar-refractivity contribution in [2.75, 3.05) is 0 Å². The Balaban J connectivity index is 1.70. The van der Waals surface area contributed by atoms with Crippen LogP contribution in [0.15, 0.2) is 70.5 Å². The number of benzene rings is 2. The molecule has 0 radical (unpaired) electrons. The van der Waals surface area contributed by atoms with Crippen LogP contribution < -0.4 is 0 Å². The second-order valence-corrected chi connectivity index (χ2v) is 8.55. The van der Waals surface area contributed by atoms with E-state index in [0.717, 1.165) is 36.1 Å². The first kappa shape index (κ1) is 19.0. The van der Waals surface area contributed by atoms with Gasteiger partial charge in [-0.1, -0.05) is 92.4 Å². The van der Waals surface area contributed by atoms with Crippen LogP contribution in [-0.2, 0) is 9.59 Å². The summed E-state index contributed by atoms with van der Waals surface area (Å²) in [6.07, 6.45) is 7.66. The minimum Gasteiger partial charge on any atom is -0.271 e. The van der Waals surface area contributed by atoms with Gasteiger partial charge in [0.1, 0.15) is 0 Å². The Morgan fingerprint density at radius 3 is 1.93 bits per heavy atom. The first-order valence-electron chi connectivity index (χ1n) is 10.2. The predicted octanol–water partition coefficient (Wildman–Crippen LogP) is 5.67. The Morgan fingerprint density at radius 2 is 1.29 bits per heavy atom. The van der Waals surface area contributed by atoms with Crippen LogP contribution in [0.3, 0.4) is 0 Å². The minimum atomic E-state index is -0.125. The van der Waals surface area contributed by atoms with Crippen molar-refractivity contribution in [3.8, 4) is 0 Å². The van der Waals surface area contributed by atoms with Crippen LogP contribution >= 0.6 is 11.8 Å². The summed E-state index contributed by atoms with van der Waals surface area (Å²) in [5.41, 5.74) is 1.38. The van der Waals surface area contributed by atoms with Gasteiger partial charge in [-0.25, -0.2) is 0 Å². The average molecular weight is 392 g/mol. The van der Waals surface area contributed by atoms with Gasteiger partial charge in [0.15, 0.2) is 0 Å². The number of imide groups is 1. The second-order valence-electron chi connectivity index (χ2n) is 7.46. The zero-order chi connectivity index (χ0) is 19.3. The molecule has 0 unspecified atom stereocenters. The van der Waals surface area contributed by atoms with Gasteiger partial charge >= 0.3 is 0 Å². The molecular weight excluding hydrogens is 366 g/mol. The summed E-state index contributed by atoms with van der Waals surface area (Å²) in [6, 6.07) is 19.5. The standard InChI is InChI=1S/C24H25NO2S/c26-23-21(18-12-6-4-7-13-18)22(28-20-16-10-5-11-17-20)24(27)25(23)19-14-8-2-1-3-9-15-19/h4-7,10-13,16-17,19H,1-3,8-9,14-15H2. The van der Waals surface area contributed by atoms with Crippen molar-refractivity contribution in [2.24, 2.45) is 0 Å². The maximum atomic E-state index is 13.4. The monoisotopic (exact) mass is 391 g/mol. The number of hydrogen-bond donors (Lipinski definition) is 0. The summed E-state index contributed by atoms with van der Waals surface area (Å²) in [6.45, 7) is 0. The van der Waals surface area contributed by atoms with Gasteiger partial charge in [0.05, 0.1) is 10.5 Å². The predicted molar refractivity (Wildman–Crippen MR) is 114 cm³/mol. The van der Waals surface area contributed by atoms with E-state index in [1.807, 2.05) is 60.7 Å². The number of rotatable bonds is 4. The third kappa shape index (κ3) is 3.93. The highest BCUT2D eigenvalue weighted by Crippen LogP contribution is 2.41. The first-order chi connectivity index (χ1) is 13.8. The van der Waals surface area contributed by atoms with Gasteiger partial charge < -0.3 is 0 Å². The smallest absolute Gasteiger partial charge is 0.268 e. The maximum Gasteiger partial charge on any atom is 0.268 e. The summed E-state index contributed by atoms with van der Waals surface area (Å²) in [4.78, 5) is 30.0. The lowest BCUT2D eigenvalue weighted by molar-refractivity contribution is -0.139. The highest BCUT2D eigenvalue weighted by Gasteiger charge is 2.42. The van der Waals surface area contributed by atoms with Crippen molar-refractivity contribution in [1.29, 1.82) is 0 Å². The number of hydrogen-bond acceptors (Lipinski definition) is 3. The van der Waals surface area contributed by atoms with Gasteiger partial charge in [0.2, 0.25) is 0 Å². The van der Waals surface area contributed by atoms with E-state index < -0.39 is 0 Å². The summed E-state index contributed by atoms with van der Waals surface area (Å²) in [5.74, 6) is -0.247. The molecule has 2 amide bonds. The molecule has 1 saturated carbocycles. The summed E-state index contributed by atoms with van der Waals surface area (Å²) in [7, 11) is 0. The van der Waals surface area contributed by atoms with Gasteiger partial charge in [-0.3, -0.25) is 14.5 Å². The molecule has 0 saturated heterocycles. The van der Waals surface area contributed by atoms with Crippen LogP contribution in [0, 0.1) is 0 Å². The molecule has 1 aliphatic carbocycles. The van der Waals surface area contributed by atoms with Crippen molar-refractivity contribution in [3.05, 3.63) is 71.1 Å². The molecule has 2 aromatic rings. The molecule has 1 aliphatic heterocycles. The fraction of sp³-hybridized carbons (Fsp3) is 0.333. The minimum absolute atomic E-state index is 0.0212. The molecule has 144 valence electrons. The third-order valence-electron chi connectivity index (χ3n) is 5.54. The van der Waals surface area contributed by atoms with E-state index in [2.05, 4.69) is 0 Å². The summed E-state index contributed by atoms with van der Waals surface area (Å²) < 4.78 is 0. The van der Waals surface area contributed by atoms with Gasteiger partial charge in [-0.2, -0.15) is 0 Å². The zero-order valence-corrected chi connectivity index (χ0v) is 16.8. The lowest BCUT2D eigenvalue weighted by Crippen LogP contribution is -2.41. The number of thioether (sulfide) groups is 1. The van der Waals surface area contributed by atoms with Crippen LogP contribution in [0.2, 0.25) is 0 Å². The number of carbonyl (C=O) groups excluding carboxylic acids is 2. The quantitative estimate of drug-likeness (QED) is 0.630. The van der Waals surface area contributed by atoms with E-state index >= 15 is 0 Å². The first-order valence-corrected chi connectivity index (χ1v) is 11.0. The molecule has 0 atom stereocenters. The van der Waals surface area contributed by atoms with Crippen molar-refractivity contribution < 1.29 is 9.59 Å². The van der Waals surface area contributed by atoms with Crippen molar-refractivity contribution >= 4 is 29.1 Å². The molecule has 4 heteroatoms. The van der Waals surface area contributed by atoms with E-state index in [9.17, 15) is 9.59 Å². The second kappa shape index (κ2) is 8.78. The normalized spacial score (nSPS) is 19.1. The molecule has 0 aromatic heterocycles. The van der Waals surface area contributed by atoms with Gasteiger partial charge in [0, 0.05) is 10.9 Å². The molecule has 0 bridgehead atoms. The van der Waals surface area contributed by atoms with Crippen molar-refractivity contribution in [2.45, 2.75) is 55.9 Å². The molecule has 0 spiro atoms. The SMILES string of the molecule is O=C1C(Sc2ccccc2)=C(c2ccccc2)C(=O)N1C1CCCCCCC1. The van der Waals surface area contributed by atoms with Crippen LogP contribution in [0.4, 0.5) is 0 Å². The molecule has 2 aliphatic rings. The Hall–Kier alpha value is -2.33. The topological polar surface area (TPSA) is 37.4 Å². The van der Waals surface area contributed by atoms with Crippen LogP contribution in [0.1, 0.15) is 50.5 Å². The fourth-order valence-corrected chi connectivity index (χ4v) is 5.13. The van der Waals surface area contributed by atoms with Crippen LogP contribution in [-0.4, -0.2) is 22.8 Å². The highest BCUT2D eigenvalue weighted by atomic mass is 32.2. The molecule has 28 heavy (non-hydrogen) atoms. The summed E-state index contributed by atoms with van der Waals surface area (Å²) >= 11 is 1.41. The third-order valence-corrected chi connectivity index (χ3v) is 6.63. The number of carbonyl (C=O) groups is 2. The molecule has 2 aromatic carbocycles.